The third-order valence-corrected chi connectivity index (χ3v) is 3.56. The van der Waals surface area contributed by atoms with Crippen molar-refractivity contribution in [1.29, 1.82) is 0 Å². The Morgan fingerprint density at radius 2 is 2.44 bits per heavy atom. The summed E-state index contributed by atoms with van der Waals surface area (Å²) in [6.07, 6.45) is 8.08. The van der Waals surface area contributed by atoms with Crippen LogP contribution in [-0.2, 0) is 4.74 Å². The van der Waals surface area contributed by atoms with Gasteiger partial charge in [0.25, 0.3) is 0 Å². The first kappa shape index (κ1) is 11.7. The fourth-order valence-electron chi connectivity index (χ4n) is 2.61. The lowest BCUT2D eigenvalue weighted by atomic mass is 9.88. The molecular weight excluding hydrogens is 200 g/mol. The molecule has 1 atom stereocenters. The third-order valence-electron chi connectivity index (χ3n) is 3.56. The summed E-state index contributed by atoms with van der Waals surface area (Å²) in [6.45, 7) is 4.12. The van der Waals surface area contributed by atoms with E-state index in [0.29, 0.717) is 0 Å². The highest BCUT2D eigenvalue weighted by Crippen LogP contribution is 2.29. The van der Waals surface area contributed by atoms with Crippen LogP contribution in [0.15, 0.2) is 23.4 Å². The van der Waals surface area contributed by atoms with Crippen LogP contribution >= 0.6 is 0 Å². The van der Waals surface area contributed by atoms with E-state index in [1.54, 1.807) is 7.11 Å². The van der Waals surface area contributed by atoms with Gasteiger partial charge in [0.05, 0.1) is 6.61 Å². The van der Waals surface area contributed by atoms with Crippen molar-refractivity contribution in [3.05, 3.63) is 23.4 Å². The molecule has 1 aliphatic carbocycles. The van der Waals surface area contributed by atoms with Crippen LogP contribution in [0.5, 0.6) is 0 Å². The number of hydrogen-bond acceptors (Lipinski definition) is 3. The molecule has 1 heterocycles. The van der Waals surface area contributed by atoms with Gasteiger partial charge in [-0.25, -0.2) is 0 Å². The van der Waals surface area contributed by atoms with E-state index in [1.165, 1.54) is 25.0 Å². The molecule has 0 aromatic carbocycles. The van der Waals surface area contributed by atoms with Crippen LogP contribution < -0.4 is 5.73 Å². The summed E-state index contributed by atoms with van der Waals surface area (Å²) in [5.41, 5.74) is 8.35. The summed E-state index contributed by atoms with van der Waals surface area (Å²) in [5.74, 6) is 0.736. The van der Waals surface area contributed by atoms with Gasteiger partial charge in [0.2, 0.25) is 0 Å². The maximum atomic E-state index is 5.88. The first-order valence-electron chi connectivity index (χ1n) is 6.17. The van der Waals surface area contributed by atoms with Crippen LogP contribution in [-0.4, -0.2) is 38.3 Å². The monoisotopic (exact) mass is 222 g/mol. The minimum Gasteiger partial charge on any atom is -0.399 e. The highest BCUT2D eigenvalue weighted by Gasteiger charge is 2.22. The second kappa shape index (κ2) is 5.51. The van der Waals surface area contributed by atoms with Gasteiger partial charge in [-0.15, -0.1) is 0 Å². The molecule has 2 N–H and O–H groups in total. The molecule has 0 radical (unpaired) electrons. The molecule has 0 aromatic rings. The molecule has 90 valence electrons. The Labute approximate surface area is 97.9 Å². The molecule has 2 rings (SSSR count). The fourth-order valence-corrected chi connectivity index (χ4v) is 2.61. The number of allylic oxidation sites excluding steroid dienone is 2. The van der Waals surface area contributed by atoms with E-state index in [4.69, 9.17) is 10.5 Å². The highest BCUT2D eigenvalue weighted by atomic mass is 16.5. The topological polar surface area (TPSA) is 38.5 Å². The maximum absolute atomic E-state index is 5.88. The maximum Gasteiger partial charge on any atom is 0.0589 e. The second-order valence-electron chi connectivity index (χ2n) is 4.77. The largest absolute Gasteiger partial charge is 0.399 e. The highest BCUT2D eigenvalue weighted by molar-refractivity contribution is 5.29. The summed E-state index contributed by atoms with van der Waals surface area (Å²) < 4.78 is 5.15. The molecule has 3 heteroatoms. The SMILES string of the molecule is COCCN1CCCC2CC=C(N)C=C2C1. The predicted molar refractivity (Wildman–Crippen MR) is 66.0 cm³/mol. The van der Waals surface area contributed by atoms with E-state index >= 15 is 0 Å². The lowest BCUT2D eigenvalue weighted by molar-refractivity contribution is 0.154. The number of nitrogens with two attached hydrogens (primary N) is 1. The number of ether oxygens (including phenoxy) is 1. The second-order valence-corrected chi connectivity index (χ2v) is 4.77. The van der Waals surface area contributed by atoms with Crippen LogP contribution in [0, 0.1) is 5.92 Å². The summed E-state index contributed by atoms with van der Waals surface area (Å²) >= 11 is 0. The molecule has 0 saturated carbocycles. The van der Waals surface area contributed by atoms with E-state index in [0.717, 1.165) is 37.7 Å². The Morgan fingerprint density at radius 1 is 1.56 bits per heavy atom. The van der Waals surface area contributed by atoms with E-state index in [-0.39, 0.29) is 0 Å². The van der Waals surface area contributed by atoms with Gasteiger partial charge in [-0.2, -0.15) is 0 Å². The van der Waals surface area contributed by atoms with Gasteiger partial charge < -0.3 is 10.5 Å². The smallest absolute Gasteiger partial charge is 0.0589 e. The lowest BCUT2D eigenvalue weighted by Crippen LogP contribution is -2.30. The van der Waals surface area contributed by atoms with Gasteiger partial charge in [-0.3, -0.25) is 4.90 Å². The molecule has 0 aromatic heterocycles. The van der Waals surface area contributed by atoms with Crippen molar-refractivity contribution in [2.75, 3.05) is 33.4 Å². The molecule has 1 saturated heterocycles. The molecule has 1 unspecified atom stereocenters. The van der Waals surface area contributed by atoms with E-state index in [1.807, 2.05) is 0 Å². The van der Waals surface area contributed by atoms with Crippen molar-refractivity contribution in [3.63, 3.8) is 0 Å². The van der Waals surface area contributed by atoms with Gasteiger partial charge in [0.15, 0.2) is 0 Å². The minimum atomic E-state index is 0.736. The summed E-state index contributed by atoms with van der Waals surface area (Å²) in [7, 11) is 1.77. The van der Waals surface area contributed by atoms with Crippen LogP contribution in [0.4, 0.5) is 0 Å². The summed E-state index contributed by atoms with van der Waals surface area (Å²) in [6, 6.07) is 0. The number of methoxy groups -OCH3 is 1. The van der Waals surface area contributed by atoms with Gasteiger partial charge in [0.1, 0.15) is 0 Å². The average Bonchev–Trinajstić information content (AvgIpc) is 2.47. The van der Waals surface area contributed by atoms with Crippen molar-refractivity contribution in [1.82, 2.24) is 4.90 Å². The molecule has 1 aliphatic heterocycles. The average molecular weight is 222 g/mol. The van der Waals surface area contributed by atoms with Crippen molar-refractivity contribution in [2.24, 2.45) is 11.7 Å². The lowest BCUT2D eigenvalue weighted by Gasteiger charge is -2.24. The molecule has 16 heavy (non-hydrogen) atoms. The fraction of sp³-hybridized carbons (Fsp3) is 0.692. The van der Waals surface area contributed by atoms with Crippen LogP contribution in [0.25, 0.3) is 0 Å². The molecular formula is C13H22N2O. The van der Waals surface area contributed by atoms with Crippen LogP contribution in [0.1, 0.15) is 19.3 Å². The molecule has 0 bridgehead atoms. The Hall–Kier alpha value is -0.800. The molecule has 1 fully saturated rings. The molecule has 0 amide bonds. The Bertz CT molecular complexity index is 294. The van der Waals surface area contributed by atoms with Gasteiger partial charge in [-0.05, 0) is 37.8 Å². The van der Waals surface area contributed by atoms with E-state index < -0.39 is 0 Å². The Balaban J connectivity index is 1.99. The zero-order valence-electron chi connectivity index (χ0n) is 10.1. The van der Waals surface area contributed by atoms with Gasteiger partial charge >= 0.3 is 0 Å². The minimum absolute atomic E-state index is 0.736. The normalized spacial score (nSPS) is 26.7. The molecule has 0 spiro atoms. The van der Waals surface area contributed by atoms with E-state index in [9.17, 15) is 0 Å². The third kappa shape index (κ3) is 2.86. The Morgan fingerprint density at radius 3 is 3.25 bits per heavy atom. The van der Waals surface area contributed by atoms with Crippen molar-refractivity contribution < 1.29 is 4.74 Å². The standard InChI is InChI=1S/C13H22N2O/c1-16-8-7-15-6-2-3-11-4-5-13(14)9-12(11)10-15/h5,9,11H,2-4,6-8,10,14H2,1H3. The number of nitrogens with zero attached hydrogens (tertiary/aromatic N) is 1. The van der Waals surface area contributed by atoms with Gasteiger partial charge in [0, 0.05) is 25.9 Å². The van der Waals surface area contributed by atoms with Crippen molar-refractivity contribution in [3.8, 4) is 0 Å². The molecule has 3 nitrogen and oxygen atoms in total. The first-order valence-corrected chi connectivity index (χ1v) is 6.17. The number of rotatable bonds is 3. The van der Waals surface area contributed by atoms with Crippen LogP contribution in [0.2, 0.25) is 0 Å². The summed E-state index contributed by atoms with van der Waals surface area (Å²) in [5, 5.41) is 0. The van der Waals surface area contributed by atoms with Gasteiger partial charge in [-0.1, -0.05) is 11.6 Å². The first-order chi connectivity index (χ1) is 7.79. The predicted octanol–water partition coefficient (Wildman–Crippen LogP) is 1.52. The zero-order valence-corrected chi connectivity index (χ0v) is 10.1. The quantitative estimate of drug-likeness (QED) is 0.787. The summed E-state index contributed by atoms with van der Waals surface area (Å²) in [4.78, 5) is 2.48. The number of hydrogen-bond donors (Lipinski definition) is 1. The van der Waals surface area contributed by atoms with Crippen LogP contribution in [0.3, 0.4) is 0 Å². The van der Waals surface area contributed by atoms with E-state index in [2.05, 4.69) is 17.1 Å². The Kier molecular flexibility index (Phi) is 4.02. The number of likely N-dealkylation sites (tertiary alicyclic amines) is 1. The van der Waals surface area contributed by atoms with Crippen molar-refractivity contribution >= 4 is 0 Å². The number of fused-ring (bicyclic) bond motifs is 1. The molecule has 2 aliphatic rings. The zero-order chi connectivity index (χ0) is 11.4. The van der Waals surface area contributed by atoms with Crippen molar-refractivity contribution in [2.45, 2.75) is 19.3 Å².